The van der Waals surface area contributed by atoms with Crippen LogP contribution in [0, 0.1) is 12.8 Å². The van der Waals surface area contributed by atoms with Crippen molar-refractivity contribution in [3.8, 4) is 5.75 Å². The Kier molecular flexibility index (Phi) is 4.12. The molecule has 20 heavy (non-hydrogen) atoms. The van der Waals surface area contributed by atoms with E-state index in [1.807, 2.05) is 0 Å². The smallest absolute Gasteiger partial charge is 0.255 e. The molecular weight excluding hydrogens is 258 g/mol. The number of amidine groups is 1. The zero-order valence-electron chi connectivity index (χ0n) is 11.3. The molecule has 108 valence electrons. The van der Waals surface area contributed by atoms with Crippen LogP contribution in [0.15, 0.2) is 23.4 Å². The summed E-state index contributed by atoms with van der Waals surface area (Å²) in [5.41, 5.74) is 6.53. The summed E-state index contributed by atoms with van der Waals surface area (Å²) in [6.45, 7) is 1.74. The number of aromatic hydroxyl groups is 1. The molecule has 1 aliphatic rings. The number of nitrogens with zero attached hydrogens (tertiary/aromatic N) is 1. The highest BCUT2D eigenvalue weighted by Gasteiger charge is 2.32. The Morgan fingerprint density at radius 3 is 2.90 bits per heavy atom. The average Bonchev–Trinajstić information content (AvgIpc) is 2.89. The van der Waals surface area contributed by atoms with Gasteiger partial charge >= 0.3 is 0 Å². The summed E-state index contributed by atoms with van der Waals surface area (Å²) in [5, 5.41) is 24.6. The van der Waals surface area contributed by atoms with Crippen LogP contribution in [0.4, 0.5) is 0 Å². The number of nitrogens with two attached hydrogens (primary N) is 1. The number of hydrogen-bond donors (Lipinski definition) is 4. The van der Waals surface area contributed by atoms with Crippen molar-refractivity contribution in [2.45, 2.75) is 32.2 Å². The van der Waals surface area contributed by atoms with Crippen LogP contribution in [-0.2, 0) is 0 Å². The Labute approximate surface area is 117 Å². The zero-order valence-corrected chi connectivity index (χ0v) is 11.3. The first-order valence-corrected chi connectivity index (χ1v) is 6.61. The van der Waals surface area contributed by atoms with Gasteiger partial charge in [0.1, 0.15) is 11.6 Å². The zero-order chi connectivity index (χ0) is 14.7. The van der Waals surface area contributed by atoms with Crippen molar-refractivity contribution in [3.05, 3.63) is 29.3 Å². The second-order valence-corrected chi connectivity index (χ2v) is 5.11. The Hall–Kier alpha value is -2.24. The fraction of sp³-hybridized carbons (Fsp3) is 0.429. The molecule has 6 heteroatoms. The van der Waals surface area contributed by atoms with Gasteiger partial charge < -0.3 is 21.4 Å². The highest BCUT2D eigenvalue weighted by Crippen LogP contribution is 2.27. The number of benzene rings is 1. The second-order valence-electron chi connectivity index (χ2n) is 5.11. The fourth-order valence-electron chi connectivity index (χ4n) is 2.65. The van der Waals surface area contributed by atoms with Crippen molar-refractivity contribution in [3.63, 3.8) is 0 Å². The van der Waals surface area contributed by atoms with Crippen LogP contribution in [-0.4, -0.2) is 28.1 Å². The van der Waals surface area contributed by atoms with E-state index in [1.165, 1.54) is 0 Å². The van der Waals surface area contributed by atoms with Gasteiger partial charge in [-0.25, -0.2) is 0 Å². The van der Waals surface area contributed by atoms with E-state index in [2.05, 4.69) is 10.5 Å². The van der Waals surface area contributed by atoms with Crippen molar-refractivity contribution >= 4 is 11.7 Å². The summed E-state index contributed by atoms with van der Waals surface area (Å²) < 4.78 is 0. The summed E-state index contributed by atoms with van der Waals surface area (Å²) >= 11 is 0. The maximum atomic E-state index is 12.2. The fourth-order valence-corrected chi connectivity index (χ4v) is 2.65. The van der Waals surface area contributed by atoms with E-state index < -0.39 is 0 Å². The van der Waals surface area contributed by atoms with Gasteiger partial charge in [0.2, 0.25) is 0 Å². The van der Waals surface area contributed by atoms with Crippen molar-refractivity contribution in [2.24, 2.45) is 16.8 Å². The first-order chi connectivity index (χ1) is 9.54. The van der Waals surface area contributed by atoms with Gasteiger partial charge in [-0.2, -0.15) is 0 Å². The molecule has 2 atom stereocenters. The molecule has 1 saturated carbocycles. The van der Waals surface area contributed by atoms with E-state index in [0.717, 1.165) is 19.3 Å². The first-order valence-electron chi connectivity index (χ1n) is 6.61. The van der Waals surface area contributed by atoms with E-state index in [4.69, 9.17) is 10.9 Å². The largest absolute Gasteiger partial charge is 0.507 e. The normalized spacial score (nSPS) is 22.8. The molecule has 2 unspecified atom stereocenters. The Morgan fingerprint density at radius 2 is 2.20 bits per heavy atom. The van der Waals surface area contributed by atoms with Crippen molar-refractivity contribution in [2.75, 3.05) is 0 Å². The summed E-state index contributed by atoms with van der Waals surface area (Å²) in [4.78, 5) is 12.2. The maximum absolute atomic E-state index is 12.2. The van der Waals surface area contributed by atoms with Crippen LogP contribution in [0.3, 0.4) is 0 Å². The third-order valence-corrected chi connectivity index (χ3v) is 3.81. The maximum Gasteiger partial charge on any atom is 0.255 e. The summed E-state index contributed by atoms with van der Waals surface area (Å²) in [6, 6.07) is 4.87. The summed E-state index contributed by atoms with van der Waals surface area (Å²) in [7, 11) is 0. The number of aryl methyl sites for hydroxylation is 1. The minimum atomic E-state index is -0.339. The molecule has 0 bridgehead atoms. The molecule has 0 heterocycles. The molecule has 0 spiro atoms. The lowest BCUT2D eigenvalue weighted by molar-refractivity contribution is 0.0930. The molecule has 1 aliphatic carbocycles. The van der Waals surface area contributed by atoms with Crippen LogP contribution < -0.4 is 11.1 Å². The molecule has 0 aliphatic heterocycles. The van der Waals surface area contributed by atoms with E-state index in [0.29, 0.717) is 5.56 Å². The standard InChI is InChI=1S/C14H19N3O3/c1-8-4-2-6-10(12(8)18)14(19)16-11-7-3-5-9(11)13(15)17-20/h2,4,6,9,11,18,20H,3,5,7H2,1H3,(H2,15,17)(H,16,19). The van der Waals surface area contributed by atoms with E-state index >= 15 is 0 Å². The van der Waals surface area contributed by atoms with Crippen molar-refractivity contribution in [1.82, 2.24) is 5.32 Å². The molecule has 1 aromatic carbocycles. The highest BCUT2D eigenvalue weighted by molar-refractivity contribution is 5.97. The minimum Gasteiger partial charge on any atom is -0.507 e. The Balaban J connectivity index is 2.13. The van der Waals surface area contributed by atoms with Crippen molar-refractivity contribution < 1.29 is 15.1 Å². The number of carbonyl (C=O) groups is 1. The molecule has 2 rings (SSSR count). The molecular formula is C14H19N3O3. The van der Waals surface area contributed by atoms with Crippen LogP contribution in [0.1, 0.15) is 35.2 Å². The SMILES string of the molecule is Cc1cccc(C(=O)NC2CCCC2C(N)=NO)c1O. The molecule has 0 radical (unpaired) electrons. The van der Waals surface area contributed by atoms with E-state index in [1.54, 1.807) is 25.1 Å². The van der Waals surface area contributed by atoms with Gasteiger partial charge in [-0.3, -0.25) is 4.79 Å². The number of hydrogen-bond acceptors (Lipinski definition) is 4. The third-order valence-electron chi connectivity index (χ3n) is 3.81. The molecule has 0 saturated heterocycles. The molecule has 5 N–H and O–H groups in total. The molecule has 1 fully saturated rings. The van der Waals surface area contributed by atoms with Crippen LogP contribution in [0.2, 0.25) is 0 Å². The minimum absolute atomic E-state index is 0.0108. The number of phenols is 1. The van der Waals surface area contributed by atoms with Gasteiger partial charge in [-0.05, 0) is 31.4 Å². The van der Waals surface area contributed by atoms with Gasteiger partial charge in [-0.1, -0.05) is 23.7 Å². The van der Waals surface area contributed by atoms with Gasteiger partial charge in [0, 0.05) is 12.0 Å². The molecule has 6 nitrogen and oxygen atoms in total. The topological polar surface area (TPSA) is 108 Å². The number of nitrogens with one attached hydrogen (secondary N) is 1. The monoisotopic (exact) mass is 277 g/mol. The van der Waals surface area contributed by atoms with Crippen molar-refractivity contribution in [1.29, 1.82) is 0 Å². The molecule has 1 amide bonds. The van der Waals surface area contributed by atoms with Gasteiger partial charge in [0.05, 0.1) is 5.56 Å². The van der Waals surface area contributed by atoms with Crippen LogP contribution in [0.25, 0.3) is 0 Å². The van der Waals surface area contributed by atoms with Crippen LogP contribution >= 0.6 is 0 Å². The van der Waals surface area contributed by atoms with Gasteiger partial charge in [0.25, 0.3) is 5.91 Å². The second kappa shape index (κ2) is 5.81. The van der Waals surface area contributed by atoms with Gasteiger partial charge in [0.15, 0.2) is 0 Å². The predicted octanol–water partition coefficient (Wildman–Crippen LogP) is 1.35. The molecule has 1 aromatic rings. The number of amides is 1. The lowest BCUT2D eigenvalue weighted by Gasteiger charge is -2.20. The third kappa shape index (κ3) is 2.68. The number of para-hydroxylation sites is 1. The summed E-state index contributed by atoms with van der Waals surface area (Å²) in [6.07, 6.45) is 2.46. The van der Waals surface area contributed by atoms with E-state index in [9.17, 15) is 9.90 Å². The van der Waals surface area contributed by atoms with Gasteiger partial charge in [-0.15, -0.1) is 0 Å². The summed E-state index contributed by atoms with van der Waals surface area (Å²) in [5.74, 6) is -0.366. The quantitative estimate of drug-likeness (QED) is 0.289. The average molecular weight is 277 g/mol. The number of rotatable bonds is 3. The first kappa shape index (κ1) is 14.2. The lowest BCUT2D eigenvalue weighted by Crippen LogP contribution is -2.42. The molecule has 0 aromatic heterocycles. The number of carbonyl (C=O) groups excluding carboxylic acids is 1. The lowest BCUT2D eigenvalue weighted by atomic mass is 10.0. The number of phenolic OH excluding ortho intramolecular Hbond substituents is 1. The van der Waals surface area contributed by atoms with Crippen LogP contribution in [0.5, 0.6) is 5.75 Å². The Bertz CT molecular complexity index is 542. The Morgan fingerprint density at radius 1 is 1.45 bits per heavy atom. The predicted molar refractivity (Wildman–Crippen MR) is 74.8 cm³/mol. The highest BCUT2D eigenvalue weighted by atomic mass is 16.4. The number of oxime groups is 1. The van der Waals surface area contributed by atoms with E-state index in [-0.39, 0.29) is 35.0 Å².